The maximum Gasteiger partial charge on any atom is 0.302 e. The molecule has 5 rings (SSSR count). The van der Waals surface area contributed by atoms with E-state index >= 15 is 0 Å². The van der Waals surface area contributed by atoms with Crippen LogP contribution >= 0.6 is 0 Å². The molecule has 1 aliphatic rings. The number of fused-ring (bicyclic) bond motifs is 1. The van der Waals surface area contributed by atoms with Gasteiger partial charge in [-0.3, -0.25) is 10.2 Å². The number of ether oxygens (including phenoxy) is 1. The highest BCUT2D eigenvalue weighted by atomic mass is 16.5. The van der Waals surface area contributed by atoms with Crippen molar-refractivity contribution < 1.29 is 9.53 Å². The molecule has 4 aromatic rings. The number of benzene rings is 3. The Morgan fingerprint density at radius 2 is 1.49 bits per heavy atom. The Labute approximate surface area is 206 Å². The van der Waals surface area contributed by atoms with Gasteiger partial charge in [0.05, 0.1) is 23.1 Å². The molecular formula is C30H33N3O2. The summed E-state index contributed by atoms with van der Waals surface area (Å²) < 4.78 is 9.81. The maximum absolute atomic E-state index is 11.8. The lowest BCUT2D eigenvalue weighted by Crippen LogP contribution is -2.34. The highest BCUT2D eigenvalue weighted by Crippen LogP contribution is 2.44. The molecule has 0 radical (unpaired) electrons. The van der Waals surface area contributed by atoms with Gasteiger partial charge >= 0.3 is 5.97 Å². The molecule has 0 bridgehead atoms. The predicted molar refractivity (Wildman–Crippen MR) is 138 cm³/mol. The monoisotopic (exact) mass is 467 g/mol. The van der Waals surface area contributed by atoms with Crippen LogP contribution in [0.5, 0.6) is 0 Å². The summed E-state index contributed by atoms with van der Waals surface area (Å²) in [5.41, 5.74) is 7.35. The minimum atomic E-state index is -0.301. The molecule has 1 unspecified atom stereocenters. The van der Waals surface area contributed by atoms with Crippen molar-refractivity contribution in [2.75, 3.05) is 6.61 Å². The zero-order valence-electron chi connectivity index (χ0n) is 20.7. The van der Waals surface area contributed by atoms with Crippen LogP contribution in [0.4, 0.5) is 0 Å². The van der Waals surface area contributed by atoms with Crippen molar-refractivity contribution in [2.24, 2.45) is 5.92 Å². The van der Waals surface area contributed by atoms with Gasteiger partial charge in [0.1, 0.15) is 6.61 Å². The molecule has 5 heteroatoms. The number of aryl methyl sites for hydroxylation is 2. The van der Waals surface area contributed by atoms with E-state index in [2.05, 4.69) is 83.6 Å². The van der Waals surface area contributed by atoms with Crippen molar-refractivity contribution in [1.82, 2.24) is 9.13 Å². The number of esters is 1. The first-order valence-corrected chi connectivity index (χ1v) is 12.4. The van der Waals surface area contributed by atoms with Crippen LogP contribution in [0.3, 0.4) is 0 Å². The number of imidazole rings is 1. The number of carbonyl (C=O) groups excluding carboxylic acids is 1. The van der Waals surface area contributed by atoms with Crippen LogP contribution in [-0.2, 0) is 16.0 Å². The number of nitrogens with zero attached hydrogens (tertiary/aromatic N) is 2. The normalized spacial score (nSPS) is 15.2. The van der Waals surface area contributed by atoms with Gasteiger partial charge in [0.15, 0.2) is 0 Å². The van der Waals surface area contributed by atoms with Gasteiger partial charge in [-0.25, -0.2) is 0 Å². The van der Waals surface area contributed by atoms with E-state index in [0.717, 1.165) is 16.6 Å². The predicted octanol–water partition coefficient (Wildman–Crippen LogP) is 5.89. The van der Waals surface area contributed by atoms with Gasteiger partial charge in [-0.15, -0.1) is 0 Å². The average molecular weight is 468 g/mol. The van der Waals surface area contributed by atoms with Crippen LogP contribution < -0.4 is 5.62 Å². The number of aromatic nitrogens is 2. The van der Waals surface area contributed by atoms with Gasteiger partial charge in [0, 0.05) is 6.92 Å². The molecule has 1 saturated carbocycles. The third-order valence-electron chi connectivity index (χ3n) is 7.06. The fraction of sp³-hybridized carbons (Fsp3) is 0.333. The van der Waals surface area contributed by atoms with Crippen molar-refractivity contribution in [2.45, 2.75) is 52.1 Å². The highest BCUT2D eigenvalue weighted by Gasteiger charge is 2.36. The molecule has 0 saturated heterocycles. The number of rotatable bonds is 8. The molecule has 5 nitrogen and oxygen atoms in total. The van der Waals surface area contributed by atoms with E-state index in [1.165, 1.54) is 36.5 Å². The van der Waals surface area contributed by atoms with Crippen LogP contribution in [0.2, 0.25) is 0 Å². The van der Waals surface area contributed by atoms with E-state index in [4.69, 9.17) is 4.74 Å². The molecule has 0 amide bonds. The van der Waals surface area contributed by atoms with Crippen molar-refractivity contribution >= 4 is 17.0 Å². The summed E-state index contributed by atoms with van der Waals surface area (Å²) in [5.74, 6) is 0.223. The van der Waals surface area contributed by atoms with Gasteiger partial charge in [0.25, 0.3) is 0 Å². The van der Waals surface area contributed by atoms with Crippen molar-refractivity contribution in [3.8, 4) is 0 Å². The molecule has 180 valence electrons. The summed E-state index contributed by atoms with van der Waals surface area (Å²) in [6.07, 6.45) is 3.02. The fourth-order valence-electron chi connectivity index (χ4n) is 5.11. The molecule has 3 aromatic carbocycles. The van der Waals surface area contributed by atoms with E-state index < -0.39 is 0 Å². The summed E-state index contributed by atoms with van der Waals surface area (Å²) in [6.45, 7) is 5.86. The summed E-state index contributed by atoms with van der Waals surface area (Å²) in [5, 5.41) is 9.42. The number of hydrogen-bond acceptors (Lipinski definition) is 3. The Morgan fingerprint density at radius 3 is 2.06 bits per heavy atom. The lowest BCUT2D eigenvalue weighted by Gasteiger charge is -2.22. The fourth-order valence-corrected chi connectivity index (χ4v) is 5.11. The Hall–Kier alpha value is -3.60. The van der Waals surface area contributed by atoms with Gasteiger partial charge in [-0.1, -0.05) is 71.8 Å². The zero-order chi connectivity index (χ0) is 24.5. The average Bonchev–Trinajstić information content (AvgIpc) is 3.64. The molecule has 1 heterocycles. The largest absolute Gasteiger partial charge is 0.464 e. The minimum Gasteiger partial charge on any atom is -0.464 e. The second-order valence-corrected chi connectivity index (χ2v) is 9.89. The number of carbonyl (C=O) groups is 1. The summed E-state index contributed by atoms with van der Waals surface area (Å²) >= 11 is 0. The van der Waals surface area contributed by atoms with E-state index in [1.807, 2.05) is 12.1 Å². The van der Waals surface area contributed by atoms with E-state index in [0.29, 0.717) is 18.0 Å². The summed E-state index contributed by atoms with van der Waals surface area (Å²) in [4.78, 5) is 11.8. The molecule has 1 fully saturated rings. The van der Waals surface area contributed by atoms with Crippen LogP contribution in [-0.4, -0.2) is 21.7 Å². The third-order valence-corrected chi connectivity index (χ3v) is 7.06. The van der Waals surface area contributed by atoms with Crippen LogP contribution in [0.15, 0.2) is 72.8 Å². The first-order valence-electron chi connectivity index (χ1n) is 12.4. The quantitative estimate of drug-likeness (QED) is 0.329. The molecule has 35 heavy (non-hydrogen) atoms. The maximum atomic E-state index is 11.8. The van der Waals surface area contributed by atoms with Gasteiger partial charge in [0.2, 0.25) is 5.62 Å². The second kappa shape index (κ2) is 9.57. The second-order valence-electron chi connectivity index (χ2n) is 9.89. The molecule has 1 N–H and O–H groups in total. The minimum absolute atomic E-state index is 0.114. The zero-order valence-corrected chi connectivity index (χ0v) is 20.7. The Kier molecular flexibility index (Phi) is 6.33. The van der Waals surface area contributed by atoms with Crippen LogP contribution in [0, 0.1) is 25.2 Å². The standard InChI is InChI=1S/C30H33N3O2/c1-20-8-12-23(13-9-20)18-26(19-35-22(3)34)32-27-6-4-5-7-28(27)33(30(32)31)29(25-16-17-25)24-14-10-21(2)11-15-24/h4-15,25-26,29,31H,16-19H2,1-3H3/t26-,29?/m0/s1. The Balaban J connectivity index is 1.65. The third kappa shape index (κ3) is 4.81. The van der Waals surface area contributed by atoms with Gasteiger partial charge in [-0.2, -0.15) is 0 Å². The smallest absolute Gasteiger partial charge is 0.302 e. The van der Waals surface area contributed by atoms with E-state index in [1.54, 1.807) is 0 Å². The summed E-state index contributed by atoms with van der Waals surface area (Å²) in [7, 11) is 0. The topological polar surface area (TPSA) is 60.0 Å². The highest BCUT2D eigenvalue weighted by molar-refractivity contribution is 5.76. The molecule has 1 aliphatic carbocycles. The van der Waals surface area contributed by atoms with Gasteiger partial charge in [-0.05, 0) is 62.3 Å². The van der Waals surface area contributed by atoms with Crippen molar-refractivity contribution in [3.05, 3.63) is 101 Å². The number of nitrogens with one attached hydrogen (secondary N) is 1. The van der Waals surface area contributed by atoms with Crippen molar-refractivity contribution in [3.63, 3.8) is 0 Å². The Bertz CT molecular complexity index is 1390. The van der Waals surface area contributed by atoms with E-state index in [9.17, 15) is 10.2 Å². The molecule has 1 aromatic heterocycles. The van der Waals surface area contributed by atoms with Crippen LogP contribution in [0.25, 0.3) is 11.0 Å². The molecule has 2 atom stereocenters. The van der Waals surface area contributed by atoms with E-state index in [-0.39, 0.29) is 24.7 Å². The number of para-hydroxylation sites is 2. The lowest BCUT2D eigenvalue weighted by atomic mass is 10.0. The SMILES string of the molecule is CC(=O)OC[C@H](Cc1ccc(C)cc1)n1c(=N)n(C(c2ccc(C)cc2)C2CC2)c2ccccc21. The molecule has 0 spiro atoms. The number of hydrogen-bond donors (Lipinski definition) is 1. The summed E-state index contributed by atoms with van der Waals surface area (Å²) in [6, 6.07) is 25.4. The Morgan fingerprint density at radius 1 is 0.914 bits per heavy atom. The van der Waals surface area contributed by atoms with Crippen molar-refractivity contribution in [1.29, 1.82) is 5.41 Å². The first kappa shape index (κ1) is 23.2. The first-order chi connectivity index (χ1) is 16.9. The lowest BCUT2D eigenvalue weighted by molar-refractivity contribution is -0.142. The molecule has 0 aliphatic heterocycles. The van der Waals surface area contributed by atoms with Gasteiger partial charge < -0.3 is 13.9 Å². The van der Waals surface area contributed by atoms with Crippen LogP contribution in [0.1, 0.15) is 54.1 Å². The molecular weight excluding hydrogens is 434 g/mol.